The van der Waals surface area contributed by atoms with E-state index in [9.17, 15) is 9.59 Å². The molecule has 0 aliphatic carbocycles. The number of aryl methyl sites for hydroxylation is 1. The summed E-state index contributed by atoms with van der Waals surface area (Å²) in [5, 5.41) is 11.5. The molecule has 1 heterocycles. The molecule has 0 aliphatic rings. The molecule has 6 heteroatoms. The maximum Gasteiger partial charge on any atom is 0.339 e. The van der Waals surface area contributed by atoms with Gasteiger partial charge in [0.2, 0.25) is 0 Å². The minimum atomic E-state index is -1.04. The standard InChI is InChI=1S/C12H16N2O4/c1-4-5-14(3)12(17)13-7-9-6-10(11(15)16)8(2)18-9/h4,6H,1,5,7H2,2-3H3,(H,13,17)(H,15,16). The lowest BCUT2D eigenvalue weighted by atomic mass is 10.2. The predicted octanol–water partition coefficient (Wildman–Crippen LogP) is 1.61. The Bertz CT molecular complexity index is 465. The van der Waals surface area contributed by atoms with Crippen molar-refractivity contribution in [2.75, 3.05) is 13.6 Å². The monoisotopic (exact) mass is 252 g/mol. The largest absolute Gasteiger partial charge is 0.478 e. The SMILES string of the molecule is C=CCN(C)C(=O)NCc1cc(C(=O)O)c(C)o1. The number of amides is 2. The van der Waals surface area contributed by atoms with Crippen molar-refractivity contribution in [2.24, 2.45) is 0 Å². The number of carbonyl (C=O) groups is 2. The summed E-state index contributed by atoms with van der Waals surface area (Å²) in [5.41, 5.74) is 0.110. The quantitative estimate of drug-likeness (QED) is 0.780. The number of carboxylic acid groups (broad SMARTS) is 1. The minimum Gasteiger partial charge on any atom is -0.478 e. The van der Waals surface area contributed by atoms with Crippen molar-refractivity contribution in [1.82, 2.24) is 10.2 Å². The Morgan fingerprint density at radius 1 is 1.61 bits per heavy atom. The van der Waals surface area contributed by atoms with Crippen molar-refractivity contribution < 1.29 is 19.1 Å². The van der Waals surface area contributed by atoms with Gasteiger partial charge in [0.05, 0.1) is 6.54 Å². The molecule has 0 radical (unpaired) electrons. The van der Waals surface area contributed by atoms with Gasteiger partial charge >= 0.3 is 12.0 Å². The molecule has 0 saturated heterocycles. The number of likely N-dealkylation sites (N-methyl/N-ethyl adjacent to an activating group) is 1. The fraction of sp³-hybridized carbons (Fsp3) is 0.333. The third-order valence-electron chi connectivity index (χ3n) is 2.36. The van der Waals surface area contributed by atoms with E-state index in [4.69, 9.17) is 9.52 Å². The summed E-state index contributed by atoms with van der Waals surface area (Å²) in [6.07, 6.45) is 1.61. The van der Waals surface area contributed by atoms with E-state index < -0.39 is 5.97 Å². The number of carboxylic acids is 1. The summed E-state index contributed by atoms with van der Waals surface area (Å²) in [5.74, 6) is -0.311. The van der Waals surface area contributed by atoms with Gasteiger partial charge in [-0.25, -0.2) is 9.59 Å². The smallest absolute Gasteiger partial charge is 0.339 e. The zero-order chi connectivity index (χ0) is 13.7. The van der Waals surface area contributed by atoms with Crippen molar-refractivity contribution in [2.45, 2.75) is 13.5 Å². The second kappa shape index (κ2) is 5.90. The summed E-state index contributed by atoms with van der Waals surface area (Å²) in [4.78, 5) is 23.8. The highest BCUT2D eigenvalue weighted by molar-refractivity contribution is 5.88. The van der Waals surface area contributed by atoms with Crippen LogP contribution in [0.3, 0.4) is 0 Å². The number of nitrogens with zero attached hydrogens (tertiary/aromatic N) is 1. The molecule has 1 aromatic heterocycles. The van der Waals surface area contributed by atoms with Gasteiger partial charge in [0.25, 0.3) is 0 Å². The van der Waals surface area contributed by atoms with Crippen molar-refractivity contribution >= 4 is 12.0 Å². The average Bonchev–Trinajstić information content (AvgIpc) is 2.68. The average molecular weight is 252 g/mol. The lowest BCUT2D eigenvalue weighted by molar-refractivity contribution is 0.0695. The van der Waals surface area contributed by atoms with Gasteiger partial charge in [0.15, 0.2) is 0 Å². The number of carbonyl (C=O) groups excluding carboxylic acids is 1. The molecule has 6 nitrogen and oxygen atoms in total. The lowest BCUT2D eigenvalue weighted by Gasteiger charge is -2.14. The molecule has 0 saturated carbocycles. The van der Waals surface area contributed by atoms with E-state index in [-0.39, 0.29) is 18.1 Å². The molecule has 1 aromatic rings. The van der Waals surface area contributed by atoms with Gasteiger partial charge in [-0.1, -0.05) is 6.08 Å². The summed E-state index contributed by atoms with van der Waals surface area (Å²) in [7, 11) is 1.63. The highest BCUT2D eigenvalue weighted by Crippen LogP contribution is 2.14. The number of urea groups is 1. The molecule has 2 amide bonds. The van der Waals surface area contributed by atoms with Crippen LogP contribution in [0.4, 0.5) is 4.79 Å². The summed E-state index contributed by atoms with van der Waals surface area (Å²) >= 11 is 0. The first kappa shape index (κ1) is 13.8. The van der Waals surface area contributed by atoms with Crippen LogP contribution in [0.15, 0.2) is 23.1 Å². The van der Waals surface area contributed by atoms with Gasteiger partial charge in [-0.3, -0.25) is 0 Å². The fourth-order valence-corrected chi connectivity index (χ4v) is 1.42. The molecule has 0 aliphatic heterocycles. The molecule has 0 fully saturated rings. The van der Waals surface area contributed by atoms with Crippen LogP contribution < -0.4 is 5.32 Å². The van der Waals surface area contributed by atoms with E-state index in [2.05, 4.69) is 11.9 Å². The van der Waals surface area contributed by atoms with Crippen LogP contribution in [0.25, 0.3) is 0 Å². The molecule has 0 unspecified atom stereocenters. The van der Waals surface area contributed by atoms with Crippen LogP contribution in [0.5, 0.6) is 0 Å². The zero-order valence-electron chi connectivity index (χ0n) is 10.4. The second-order valence-corrected chi connectivity index (χ2v) is 3.82. The third kappa shape index (κ3) is 3.38. The van der Waals surface area contributed by atoms with Gasteiger partial charge in [-0.2, -0.15) is 0 Å². The minimum absolute atomic E-state index is 0.110. The van der Waals surface area contributed by atoms with E-state index in [0.29, 0.717) is 18.1 Å². The number of hydrogen-bond donors (Lipinski definition) is 2. The maximum atomic E-state index is 11.5. The Morgan fingerprint density at radius 2 is 2.28 bits per heavy atom. The molecule has 18 heavy (non-hydrogen) atoms. The number of furan rings is 1. The topological polar surface area (TPSA) is 82.8 Å². The third-order valence-corrected chi connectivity index (χ3v) is 2.36. The highest BCUT2D eigenvalue weighted by atomic mass is 16.4. The molecular weight excluding hydrogens is 236 g/mol. The normalized spacial score (nSPS) is 9.89. The van der Waals surface area contributed by atoms with Gasteiger partial charge in [0, 0.05) is 13.6 Å². The van der Waals surface area contributed by atoms with E-state index in [1.165, 1.54) is 11.0 Å². The second-order valence-electron chi connectivity index (χ2n) is 3.82. The van der Waals surface area contributed by atoms with Gasteiger partial charge in [-0.05, 0) is 13.0 Å². The summed E-state index contributed by atoms with van der Waals surface area (Å²) in [6.45, 7) is 5.68. The van der Waals surface area contributed by atoms with Crippen LogP contribution >= 0.6 is 0 Å². The molecule has 1 rings (SSSR count). The summed E-state index contributed by atoms with van der Waals surface area (Å²) < 4.78 is 5.23. The number of hydrogen-bond acceptors (Lipinski definition) is 3. The Balaban J connectivity index is 2.59. The van der Waals surface area contributed by atoms with E-state index in [1.54, 1.807) is 20.0 Å². The van der Waals surface area contributed by atoms with Crippen LogP contribution in [0.1, 0.15) is 21.9 Å². The van der Waals surface area contributed by atoms with E-state index >= 15 is 0 Å². The van der Waals surface area contributed by atoms with Crippen molar-refractivity contribution in [3.8, 4) is 0 Å². The number of nitrogens with one attached hydrogen (secondary N) is 1. The van der Waals surface area contributed by atoms with E-state index in [0.717, 1.165) is 0 Å². The molecule has 0 spiro atoms. The van der Waals surface area contributed by atoms with E-state index in [1.807, 2.05) is 0 Å². The van der Waals surface area contributed by atoms with Gasteiger partial charge < -0.3 is 19.7 Å². The van der Waals surface area contributed by atoms with Crippen molar-refractivity contribution in [1.29, 1.82) is 0 Å². The molecule has 0 bridgehead atoms. The first-order chi connectivity index (χ1) is 8.45. The Morgan fingerprint density at radius 3 is 2.78 bits per heavy atom. The number of aromatic carboxylic acids is 1. The fourth-order valence-electron chi connectivity index (χ4n) is 1.42. The summed E-state index contributed by atoms with van der Waals surface area (Å²) in [6, 6.07) is 1.13. The number of rotatable bonds is 5. The molecule has 0 atom stereocenters. The highest BCUT2D eigenvalue weighted by Gasteiger charge is 2.14. The van der Waals surface area contributed by atoms with Crippen molar-refractivity contribution in [3.05, 3.63) is 35.8 Å². The van der Waals surface area contributed by atoms with Crippen molar-refractivity contribution in [3.63, 3.8) is 0 Å². The van der Waals surface area contributed by atoms with Crippen LogP contribution in [0.2, 0.25) is 0 Å². The molecular formula is C12H16N2O4. The Hall–Kier alpha value is -2.24. The lowest BCUT2D eigenvalue weighted by Crippen LogP contribution is -2.36. The predicted molar refractivity (Wildman–Crippen MR) is 65.5 cm³/mol. The van der Waals surface area contributed by atoms with Gasteiger partial charge in [0.1, 0.15) is 17.1 Å². The van der Waals surface area contributed by atoms with Crippen LogP contribution in [-0.4, -0.2) is 35.6 Å². The Kier molecular flexibility index (Phi) is 4.53. The first-order valence-electron chi connectivity index (χ1n) is 5.38. The van der Waals surface area contributed by atoms with Gasteiger partial charge in [-0.15, -0.1) is 6.58 Å². The molecule has 98 valence electrons. The zero-order valence-corrected chi connectivity index (χ0v) is 10.4. The molecule has 2 N–H and O–H groups in total. The van der Waals surface area contributed by atoms with Crippen LogP contribution in [0, 0.1) is 6.92 Å². The maximum absolute atomic E-state index is 11.5. The van der Waals surface area contributed by atoms with Crippen LogP contribution in [-0.2, 0) is 6.54 Å². The molecule has 0 aromatic carbocycles. The first-order valence-corrected chi connectivity index (χ1v) is 5.38. The Labute approximate surface area is 105 Å².